The van der Waals surface area contributed by atoms with Crippen molar-refractivity contribution >= 4 is 69.2 Å². The van der Waals surface area contributed by atoms with Gasteiger partial charge in [0.2, 0.25) is 35.7 Å². The van der Waals surface area contributed by atoms with Crippen molar-refractivity contribution in [2.24, 2.45) is 0 Å². The van der Waals surface area contributed by atoms with E-state index in [9.17, 15) is 38.7 Å². The molecular weight excluding hydrogens is 726 g/mol. The Balaban J connectivity index is 0.00000625. The van der Waals surface area contributed by atoms with Crippen molar-refractivity contribution in [2.45, 2.75) is 0 Å². The number of rotatable bonds is 24. The third kappa shape index (κ3) is 17.0. The van der Waals surface area contributed by atoms with E-state index in [-0.39, 0.29) is 161 Å². The molecule has 0 radical (unpaired) electrons. The molecule has 0 saturated carbocycles. The first kappa shape index (κ1) is 46.0. The Morgan fingerprint density at radius 2 is 1.16 bits per heavy atom. The minimum absolute atomic E-state index is 0. The Labute approximate surface area is 336 Å². The van der Waals surface area contributed by atoms with Crippen LogP contribution in [0.2, 0.25) is 0 Å². The molecule has 0 bridgehead atoms. The van der Waals surface area contributed by atoms with Crippen LogP contribution >= 0.6 is 12.0 Å². The Bertz CT molecular complexity index is 1510. The molecule has 0 atom stereocenters. The number of benzene rings is 1. The maximum absolute atomic E-state index is 11.1. The Morgan fingerprint density at radius 3 is 1.58 bits per heavy atom. The molecule has 0 amide bonds. The Morgan fingerprint density at radius 1 is 0.720 bits per heavy atom. The van der Waals surface area contributed by atoms with Gasteiger partial charge in [0, 0.05) is 68.4 Å². The summed E-state index contributed by atoms with van der Waals surface area (Å²) in [5.41, 5.74) is 0.986. The summed E-state index contributed by atoms with van der Waals surface area (Å²) < 4.78 is 37.4. The minimum atomic E-state index is -4.50. The van der Waals surface area contributed by atoms with Crippen molar-refractivity contribution in [2.75, 3.05) is 108 Å². The van der Waals surface area contributed by atoms with Gasteiger partial charge in [0.1, 0.15) is 0 Å². The predicted molar refractivity (Wildman–Crippen MR) is 172 cm³/mol. The van der Waals surface area contributed by atoms with Gasteiger partial charge in [0.05, 0.1) is 42.3 Å². The summed E-state index contributed by atoms with van der Waals surface area (Å²) in [5.74, 6) is 0.0545. The number of aliphatic hydroxyl groups excluding tert-OH is 4. The largest absolute Gasteiger partial charge is 1.00 e. The first-order chi connectivity index (χ1) is 23.2. The molecule has 3 rings (SSSR count). The third-order valence-electron chi connectivity index (χ3n) is 5.85. The zero-order chi connectivity index (χ0) is 34.8. The van der Waals surface area contributed by atoms with Gasteiger partial charge in [0.25, 0.3) is 0 Å². The van der Waals surface area contributed by atoms with Crippen molar-refractivity contribution < 1.29 is 107 Å². The van der Waals surface area contributed by atoms with Crippen LogP contribution in [0.25, 0.3) is 0 Å². The van der Waals surface area contributed by atoms with Crippen LogP contribution in [0.5, 0.6) is 0 Å². The molecule has 2 aromatic heterocycles. The van der Waals surface area contributed by atoms with E-state index >= 15 is 0 Å². The first-order valence-electron chi connectivity index (χ1n) is 14.3. The molecule has 0 aliphatic heterocycles. The van der Waals surface area contributed by atoms with Crippen LogP contribution in [0.1, 0.15) is 0 Å². The van der Waals surface area contributed by atoms with Crippen LogP contribution in [0.15, 0.2) is 24.3 Å². The molecule has 8 N–H and O–H groups in total. The van der Waals surface area contributed by atoms with E-state index < -0.39 is 15.9 Å². The first-order valence-corrected chi connectivity index (χ1v) is 16.8. The molecule has 26 heteroatoms. The van der Waals surface area contributed by atoms with Gasteiger partial charge < -0.3 is 61.3 Å². The summed E-state index contributed by atoms with van der Waals surface area (Å²) in [6.07, 6.45) is 0. The second-order valence-corrected chi connectivity index (χ2v) is 11.6. The van der Waals surface area contributed by atoms with Gasteiger partial charge in [-0.2, -0.15) is 34.2 Å². The standard InChI is InChI=1S/C24H38N12O10S2.2Na/c37-10-6-35(7-11-38)23-31-19(25-4-14-47-46-45-41)29-21(33-23)27-17-2-1-3-18(16-17)28-22-30-20(26-5-15-48(42,43)44)32-24(34-22)36(8-12-39)9-13-40;;/h1-3,16,37-41H,4-15H2,(H,42,43,44)(H2,25,27,29,31,33)(H2,26,28,30,32,34);;/q;2*+1/p-2. The zero-order valence-corrected chi connectivity index (χ0v) is 33.1. The normalized spacial score (nSPS) is 10.8. The molecule has 3 aromatic rings. The monoisotopic (exact) mass is 762 g/mol. The topological polar surface area (TPSA) is 312 Å². The van der Waals surface area contributed by atoms with Crippen molar-refractivity contribution in [3.63, 3.8) is 0 Å². The van der Waals surface area contributed by atoms with Gasteiger partial charge in [-0.3, -0.25) is 5.04 Å². The van der Waals surface area contributed by atoms with Gasteiger partial charge in [0.15, 0.2) is 0 Å². The molecule has 0 aliphatic carbocycles. The van der Waals surface area contributed by atoms with Crippen LogP contribution in [0.3, 0.4) is 0 Å². The number of aliphatic hydroxyl groups is 4. The fourth-order valence-corrected chi connectivity index (χ4v) is 4.51. The summed E-state index contributed by atoms with van der Waals surface area (Å²) in [7, 11) is -4.50. The molecule has 0 unspecified atom stereocenters. The van der Waals surface area contributed by atoms with Gasteiger partial charge in [-0.25, -0.2) is 8.42 Å². The fraction of sp³-hybridized carbons (Fsp3) is 0.500. The molecule has 266 valence electrons. The van der Waals surface area contributed by atoms with E-state index in [0.29, 0.717) is 17.1 Å². The van der Waals surface area contributed by atoms with Crippen LogP contribution in [0, 0.1) is 0 Å². The summed E-state index contributed by atoms with van der Waals surface area (Å²) in [6.45, 7) is -0.531. The predicted octanol–water partition coefficient (Wildman–Crippen LogP) is -8.63. The minimum Gasteiger partial charge on any atom is -0.748 e. The average molecular weight is 763 g/mol. The molecule has 0 aliphatic rings. The summed E-state index contributed by atoms with van der Waals surface area (Å²) >= 11 is 0.774. The molecular formula is C24H36N12Na2O10S2. The number of anilines is 8. The number of hydrogen-bond donors (Lipinski definition) is 8. The number of hydrogen-bond acceptors (Lipinski definition) is 23. The van der Waals surface area contributed by atoms with Crippen LogP contribution in [-0.4, -0.2) is 141 Å². The summed E-state index contributed by atoms with van der Waals surface area (Å²) in [5, 5.41) is 63.0. The van der Waals surface area contributed by atoms with E-state index in [1.807, 2.05) is 0 Å². The number of aromatic nitrogens is 6. The van der Waals surface area contributed by atoms with Crippen molar-refractivity contribution in [3.05, 3.63) is 24.3 Å². The van der Waals surface area contributed by atoms with E-state index in [0.717, 1.165) is 12.0 Å². The van der Waals surface area contributed by atoms with Gasteiger partial charge in [-0.15, -0.1) is 0 Å². The maximum Gasteiger partial charge on any atom is 1.00 e. The zero-order valence-electron chi connectivity index (χ0n) is 27.4. The van der Waals surface area contributed by atoms with E-state index in [2.05, 4.69) is 60.5 Å². The van der Waals surface area contributed by atoms with E-state index in [4.69, 9.17) is 0 Å². The van der Waals surface area contributed by atoms with Gasteiger partial charge in [-0.1, -0.05) is 6.07 Å². The Hall–Kier alpha value is -1.98. The molecule has 2 heterocycles. The van der Waals surface area contributed by atoms with E-state index in [1.165, 1.54) is 4.90 Å². The maximum atomic E-state index is 11.1. The Kier molecular flexibility index (Phi) is 23.1. The molecule has 22 nitrogen and oxygen atoms in total. The van der Waals surface area contributed by atoms with Crippen LogP contribution < -0.4 is 95.4 Å². The number of nitrogens with one attached hydrogen (secondary N) is 4. The molecule has 0 saturated heterocycles. The quantitative estimate of drug-likeness (QED) is 0.0105. The second-order valence-electron chi connectivity index (χ2n) is 9.34. The summed E-state index contributed by atoms with van der Waals surface area (Å²) in [4.78, 5) is 29.1. The van der Waals surface area contributed by atoms with Gasteiger partial charge >= 0.3 is 59.1 Å². The van der Waals surface area contributed by atoms with Crippen LogP contribution in [-0.2, 0) is 19.5 Å². The van der Waals surface area contributed by atoms with Crippen molar-refractivity contribution in [1.29, 1.82) is 0 Å². The molecule has 0 spiro atoms. The fourth-order valence-electron chi connectivity index (χ4n) is 3.87. The molecule has 0 fully saturated rings. The van der Waals surface area contributed by atoms with Gasteiger partial charge in [-0.05, 0) is 18.2 Å². The average Bonchev–Trinajstić information content (AvgIpc) is 3.04. The van der Waals surface area contributed by atoms with Crippen molar-refractivity contribution in [1.82, 2.24) is 29.9 Å². The smallest absolute Gasteiger partial charge is 0.748 e. The SMILES string of the molecule is O=S(=O)([O-])CCNc1nc(Nc2cccc(Nc3nc(NCCSOO[O-])nc(N(CCO)CCO)n3)c2)nc(N(CCO)CCO)n1.[Na+].[Na+]. The third-order valence-corrected chi connectivity index (χ3v) is 7.07. The van der Waals surface area contributed by atoms with Crippen LogP contribution in [0.4, 0.5) is 47.1 Å². The van der Waals surface area contributed by atoms with E-state index in [1.54, 1.807) is 29.2 Å². The van der Waals surface area contributed by atoms with Crippen molar-refractivity contribution in [3.8, 4) is 0 Å². The summed E-state index contributed by atoms with van der Waals surface area (Å²) in [6, 6.07) is 6.80. The molecule has 50 heavy (non-hydrogen) atoms. The second kappa shape index (κ2) is 25.1. The molecule has 1 aromatic carbocycles. The number of nitrogens with zero attached hydrogens (tertiary/aromatic N) is 8.